The number of fused-ring (bicyclic) bond motifs is 11. The lowest BCUT2D eigenvalue weighted by Crippen LogP contribution is -1.99. The van der Waals surface area contributed by atoms with Crippen molar-refractivity contribution < 1.29 is 0 Å². The van der Waals surface area contributed by atoms with Gasteiger partial charge in [0.05, 0.1) is 33.4 Å². The molecule has 11 rings (SSSR count). The van der Waals surface area contributed by atoms with Gasteiger partial charge >= 0.3 is 0 Å². The van der Waals surface area contributed by atoms with Gasteiger partial charge in [-0.15, -0.1) is 0 Å². The average molecular weight is 623 g/mol. The summed E-state index contributed by atoms with van der Waals surface area (Å²) >= 11 is 0. The Kier molecular flexibility index (Phi) is 5.47. The minimum Gasteiger partial charge on any atom is -0.309 e. The molecule has 0 atom stereocenters. The van der Waals surface area contributed by atoms with E-state index in [1.54, 1.807) is 0 Å². The summed E-state index contributed by atoms with van der Waals surface area (Å²) in [5, 5.41) is 7.67. The predicted octanol–water partition coefficient (Wildman–Crippen LogP) is 12.3. The highest BCUT2D eigenvalue weighted by molar-refractivity contribution is 6.29. The van der Waals surface area contributed by atoms with Gasteiger partial charge in [0.1, 0.15) is 0 Å². The molecule has 0 spiro atoms. The van der Waals surface area contributed by atoms with Gasteiger partial charge in [-0.2, -0.15) is 0 Å². The minimum atomic E-state index is 0.905. The van der Waals surface area contributed by atoms with E-state index in [1.165, 1.54) is 99.1 Å². The zero-order chi connectivity index (χ0) is 32.1. The van der Waals surface area contributed by atoms with Crippen molar-refractivity contribution in [3.05, 3.63) is 181 Å². The molecule has 1 aliphatic carbocycles. The second kappa shape index (κ2) is 10.1. The average Bonchev–Trinajstić information content (AvgIpc) is 3.83. The van der Waals surface area contributed by atoms with Crippen molar-refractivity contribution in [3.63, 3.8) is 0 Å². The summed E-state index contributed by atoms with van der Waals surface area (Å²) in [6.45, 7) is 0. The van der Waals surface area contributed by atoms with Gasteiger partial charge in [-0.3, -0.25) is 0 Å². The van der Waals surface area contributed by atoms with Crippen LogP contribution in [0.1, 0.15) is 11.1 Å². The van der Waals surface area contributed by atoms with Crippen LogP contribution in [0.15, 0.2) is 170 Å². The Labute approximate surface area is 283 Å². The van der Waals surface area contributed by atoms with Crippen LogP contribution in [0.4, 0.5) is 0 Å². The van der Waals surface area contributed by atoms with Crippen molar-refractivity contribution in [2.75, 3.05) is 0 Å². The molecule has 8 aromatic carbocycles. The number of nitrogens with zero attached hydrogens (tertiary/aromatic N) is 2. The number of benzene rings is 8. The molecule has 0 saturated carbocycles. The molecule has 49 heavy (non-hydrogen) atoms. The van der Waals surface area contributed by atoms with Crippen LogP contribution < -0.4 is 0 Å². The first kappa shape index (κ1) is 26.7. The van der Waals surface area contributed by atoms with Crippen LogP contribution in [0, 0.1) is 0 Å². The van der Waals surface area contributed by atoms with Gasteiger partial charge < -0.3 is 9.13 Å². The van der Waals surface area contributed by atoms with Gasteiger partial charge in [0.15, 0.2) is 0 Å². The lowest BCUT2D eigenvalue weighted by molar-refractivity contribution is 1.12. The van der Waals surface area contributed by atoms with Crippen LogP contribution in [0.25, 0.3) is 88.0 Å². The topological polar surface area (TPSA) is 9.86 Å². The fourth-order valence-electron chi connectivity index (χ4n) is 8.76. The van der Waals surface area contributed by atoms with Crippen molar-refractivity contribution in [1.82, 2.24) is 9.13 Å². The second-order valence-electron chi connectivity index (χ2n) is 13.2. The summed E-state index contributed by atoms with van der Waals surface area (Å²) in [6, 6.07) is 62.4. The van der Waals surface area contributed by atoms with E-state index in [0.29, 0.717) is 0 Å². The molecule has 0 aliphatic heterocycles. The summed E-state index contributed by atoms with van der Waals surface area (Å²) in [7, 11) is 0. The molecule has 0 saturated heterocycles. The molecule has 2 heterocycles. The van der Waals surface area contributed by atoms with Crippen LogP contribution in [0.3, 0.4) is 0 Å². The summed E-state index contributed by atoms with van der Waals surface area (Å²) in [5.74, 6) is 0. The number of hydrogen-bond acceptors (Lipinski definition) is 0. The zero-order valence-corrected chi connectivity index (χ0v) is 26.8. The van der Waals surface area contributed by atoms with E-state index >= 15 is 0 Å². The third-order valence-electron chi connectivity index (χ3n) is 10.8. The Morgan fingerprint density at radius 2 is 0.837 bits per heavy atom. The first-order valence-corrected chi connectivity index (χ1v) is 17.1. The van der Waals surface area contributed by atoms with Crippen LogP contribution >= 0.6 is 0 Å². The third-order valence-corrected chi connectivity index (χ3v) is 10.8. The lowest BCUT2D eigenvalue weighted by Gasteiger charge is -2.14. The van der Waals surface area contributed by atoms with Crippen molar-refractivity contribution in [1.29, 1.82) is 0 Å². The first-order chi connectivity index (χ1) is 24.3. The molecule has 2 aromatic heterocycles. The first-order valence-electron chi connectivity index (χ1n) is 17.1. The lowest BCUT2D eigenvalue weighted by atomic mass is 9.96. The van der Waals surface area contributed by atoms with Crippen LogP contribution in [0.5, 0.6) is 0 Å². The number of aromatic nitrogens is 2. The maximum atomic E-state index is 2.53. The molecule has 0 unspecified atom stereocenters. The highest BCUT2D eigenvalue weighted by Crippen LogP contribution is 2.47. The maximum Gasteiger partial charge on any atom is 0.0549 e. The van der Waals surface area contributed by atoms with Crippen molar-refractivity contribution in [2.24, 2.45) is 0 Å². The molecular formula is C47H30N2. The van der Waals surface area contributed by atoms with Crippen LogP contribution in [-0.2, 0) is 6.42 Å². The Morgan fingerprint density at radius 1 is 0.327 bits per heavy atom. The Balaban J connectivity index is 1.21. The Morgan fingerprint density at radius 3 is 1.57 bits per heavy atom. The van der Waals surface area contributed by atoms with E-state index < -0.39 is 0 Å². The molecule has 1 aliphatic rings. The fourth-order valence-corrected chi connectivity index (χ4v) is 8.76. The molecule has 0 bridgehead atoms. The molecule has 0 radical (unpaired) electrons. The monoisotopic (exact) mass is 622 g/mol. The molecule has 0 N–H and O–H groups in total. The van der Waals surface area contributed by atoms with Crippen molar-refractivity contribution in [2.45, 2.75) is 6.42 Å². The third kappa shape index (κ3) is 3.66. The van der Waals surface area contributed by atoms with Crippen LogP contribution in [-0.4, -0.2) is 9.13 Å². The SMILES string of the molecule is c1ccc(-c2cccc3c2Cc2c-3cccc2-n2c3ccccc3c3c4c5ccccc5n(-c5cccc6ccccc56)c4ccc32)cc1. The van der Waals surface area contributed by atoms with Gasteiger partial charge in [-0.1, -0.05) is 133 Å². The Hall–Kier alpha value is -6.38. The summed E-state index contributed by atoms with van der Waals surface area (Å²) in [6.07, 6.45) is 0.905. The number of rotatable bonds is 3. The van der Waals surface area contributed by atoms with E-state index in [2.05, 4.69) is 179 Å². The van der Waals surface area contributed by atoms with Gasteiger partial charge in [0.25, 0.3) is 0 Å². The number of hydrogen-bond donors (Lipinski definition) is 0. The van der Waals surface area contributed by atoms with Gasteiger partial charge in [0.2, 0.25) is 0 Å². The standard InChI is InChI=1S/C47H30N2/c1-2-13-30(14-3-1)32-20-11-21-34-35-22-12-26-43(39(35)29-38(32)34)49-42-24-9-7-19-37(42)47-45(49)28-27-44-46(47)36-18-6-8-23-41(36)48(44)40-25-10-16-31-15-4-5-17-33(31)40/h1-28H,29H2. The quantitative estimate of drug-likeness (QED) is 0.186. The van der Waals surface area contributed by atoms with Gasteiger partial charge in [-0.05, 0) is 75.2 Å². The maximum absolute atomic E-state index is 2.53. The minimum absolute atomic E-state index is 0.905. The molecule has 2 nitrogen and oxygen atoms in total. The summed E-state index contributed by atoms with van der Waals surface area (Å²) in [4.78, 5) is 0. The highest BCUT2D eigenvalue weighted by Gasteiger charge is 2.27. The second-order valence-corrected chi connectivity index (χ2v) is 13.2. The smallest absolute Gasteiger partial charge is 0.0549 e. The molecule has 10 aromatic rings. The predicted molar refractivity (Wildman–Crippen MR) is 206 cm³/mol. The summed E-state index contributed by atoms with van der Waals surface area (Å²) in [5.41, 5.74) is 15.5. The normalized spacial score (nSPS) is 12.4. The van der Waals surface area contributed by atoms with E-state index in [-0.39, 0.29) is 0 Å². The molecular weight excluding hydrogens is 593 g/mol. The molecule has 0 amide bonds. The van der Waals surface area contributed by atoms with Crippen molar-refractivity contribution >= 4 is 54.4 Å². The van der Waals surface area contributed by atoms with Gasteiger partial charge in [-0.25, -0.2) is 0 Å². The van der Waals surface area contributed by atoms with Crippen LogP contribution in [0.2, 0.25) is 0 Å². The summed E-state index contributed by atoms with van der Waals surface area (Å²) < 4.78 is 5.00. The van der Waals surface area contributed by atoms with Gasteiger partial charge in [0, 0.05) is 33.4 Å². The zero-order valence-electron chi connectivity index (χ0n) is 26.8. The Bertz CT molecular complexity index is 2950. The van der Waals surface area contributed by atoms with E-state index in [1.807, 2.05) is 0 Å². The molecule has 0 fully saturated rings. The highest BCUT2D eigenvalue weighted by atomic mass is 15.0. The van der Waals surface area contributed by atoms with Crippen molar-refractivity contribution in [3.8, 4) is 33.6 Å². The molecule has 228 valence electrons. The molecule has 2 heteroatoms. The fraction of sp³-hybridized carbons (Fsp3) is 0.0213. The van der Waals surface area contributed by atoms with E-state index in [9.17, 15) is 0 Å². The largest absolute Gasteiger partial charge is 0.309 e. The van der Waals surface area contributed by atoms with E-state index in [0.717, 1.165) is 6.42 Å². The van der Waals surface area contributed by atoms with E-state index in [4.69, 9.17) is 0 Å². The number of para-hydroxylation sites is 2.